The normalized spacial score (nSPS) is 25.1. The highest BCUT2D eigenvalue weighted by molar-refractivity contribution is 6.18. The van der Waals surface area contributed by atoms with E-state index in [4.69, 9.17) is 16.3 Å². The van der Waals surface area contributed by atoms with Crippen LogP contribution in [0.2, 0.25) is 0 Å². The largest absolute Gasteiger partial charge is 0.378 e. The van der Waals surface area contributed by atoms with Crippen LogP contribution in [-0.2, 0) is 4.74 Å². The summed E-state index contributed by atoms with van der Waals surface area (Å²) in [6.07, 6.45) is 13.8. The minimum atomic E-state index is 0.455. The van der Waals surface area contributed by atoms with Crippen molar-refractivity contribution in [3.8, 4) is 0 Å². The maximum atomic E-state index is 5.99. The van der Waals surface area contributed by atoms with Crippen molar-refractivity contribution < 1.29 is 4.74 Å². The van der Waals surface area contributed by atoms with Crippen molar-refractivity contribution in [2.45, 2.75) is 77.2 Å². The monoisotopic (exact) mass is 260 g/mol. The van der Waals surface area contributed by atoms with Gasteiger partial charge in [0.05, 0.1) is 6.10 Å². The van der Waals surface area contributed by atoms with Crippen LogP contribution in [0.1, 0.15) is 71.1 Å². The number of unbranched alkanes of at least 4 members (excludes halogenated alkanes) is 6. The fraction of sp³-hybridized carbons (Fsp3) is 1.00. The molecule has 102 valence electrons. The standard InChI is InChI=1S/C15H29ClO/c1-2-3-4-5-6-7-8-11-15-14(13-16)10-9-12-17-15/h14-15H,2-13H2,1H3. The van der Waals surface area contributed by atoms with Crippen molar-refractivity contribution in [1.82, 2.24) is 0 Å². The van der Waals surface area contributed by atoms with E-state index in [-0.39, 0.29) is 0 Å². The number of rotatable bonds is 9. The molecular weight excluding hydrogens is 232 g/mol. The molecule has 0 radical (unpaired) electrons. The third-order valence-corrected chi connectivity index (χ3v) is 4.26. The van der Waals surface area contributed by atoms with Crippen molar-refractivity contribution in [1.29, 1.82) is 0 Å². The van der Waals surface area contributed by atoms with E-state index in [2.05, 4.69) is 6.92 Å². The highest BCUT2D eigenvalue weighted by Crippen LogP contribution is 2.26. The summed E-state index contributed by atoms with van der Waals surface area (Å²) in [4.78, 5) is 0. The highest BCUT2D eigenvalue weighted by Gasteiger charge is 2.24. The van der Waals surface area contributed by atoms with Gasteiger partial charge < -0.3 is 4.74 Å². The Morgan fingerprint density at radius 2 is 1.76 bits per heavy atom. The molecule has 0 aromatic heterocycles. The van der Waals surface area contributed by atoms with Gasteiger partial charge in [0.15, 0.2) is 0 Å². The van der Waals surface area contributed by atoms with E-state index in [1.54, 1.807) is 0 Å². The van der Waals surface area contributed by atoms with Crippen LogP contribution in [0.5, 0.6) is 0 Å². The van der Waals surface area contributed by atoms with Crippen LogP contribution in [0.25, 0.3) is 0 Å². The maximum absolute atomic E-state index is 5.99. The van der Waals surface area contributed by atoms with Gasteiger partial charge in [-0.05, 0) is 25.2 Å². The van der Waals surface area contributed by atoms with Crippen LogP contribution in [0, 0.1) is 5.92 Å². The molecule has 1 rings (SSSR count). The Kier molecular flexibility index (Phi) is 9.18. The first-order valence-electron chi connectivity index (χ1n) is 7.56. The summed E-state index contributed by atoms with van der Waals surface area (Å²) in [7, 11) is 0. The molecule has 0 spiro atoms. The molecule has 1 heterocycles. The minimum Gasteiger partial charge on any atom is -0.378 e. The minimum absolute atomic E-state index is 0.455. The molecule has 2 unspecified atom stereocenters. The first-order chi connectivity index (χ1) is 8.38. The van der Waals surface area contributed by atoms with Gasteiger partial charge in [0.25, 0.3) is 0 Å². The van der Waals surface area contributed by atoms with Crippen LogP contribution in [0.3, 0.4) is 0 Å². The molecule has 1 aliphatic rings. The highest BCUT2D eigenvalue weighted by atomic mass is 35.5. The second kappa shape index (κ2) is 10.2. The van der Waals surface area contributed by atoms with E-state index in [9.17, 15) is 0 Å². The molecule has 0 bridgehead atoms. The summed E-state index contributed by atoms with van der Waals surface area (Å²) in [6.45, 7) is 3.22. The lowest BCUT2D eigenvalue weighted by molar-refractivity contribution is -0.0247. The summed E-state index contributed by atoms with van der Waals surface area (Å²) >= 11 is 5.99. The summed E-state index contributed by atoms with van der Waals surface area (Å²) < 4.78 is 5.84. The van der Waals surface area contributed by atoms with Crippen LogP contribution in [-0.4, -0.2) is 18.6 Å². The summed E-state index contributed by atoms with van der Waals surface area (Å²) in [5.41, 5.74) is 0. The van der Waals surface area contributed by atoms with Crippen LogP contribution in [0.15, 0.2) is 0 Å². The molecule has 0 saturated carbocycles. The van der Waals surface area contributed by atoms with Gasteiger partial charge in [0, 0.05) is 12.5 Å². The SMILES string of the molecule is CCCCCCCCCC1OCCCC1CCl. The topological polar surface area (TPSA) is 9.23 Å². The fourth-order valence-corrected chi connectivity index (χ4v) is 3.05. The van der Waals surface area contributed by atoms with E-state index in [0.29, 0.717) is 12.0 Å². The molecule has 17 heavy (non-hydrogen) atoms. The predicted molar refractivity (Wildman–Crippen MR) is 75.8 cm³/mol. The van der Waals surface area contributed by atoms with Crippen molar-refractivity contribution in [3.63, 3.8) is 0 Å². The quantitative estimate of drug-likeness (QED) is 0.411. The smallest absolute Gasteiger partial charge is 0.0614 e. The molecule has 2 atom stereocenters. The molecule has 0 aliphatic carbocycles. The van der Waals surface area contributed by atoms with E-state index < -0.39 is 0 Å². The first-order valence-corrected chi connectivity index (χ1v) is 8.09. The van der Waals surface area contributed by atoms with Gasteiger partial charge in [-0.3, -0.25) is 0 Å². The van der Waals surface area contributed by atoms with Gasteiger partial charge in [-0.15, -0.1) is 11.6 Å². The third kappa shape index (κ3) is 6.67. The van der Waals surface area contributed by atoms with Crippen LogP contribution in [0.4, 0.5) is 0 Å². The zero-order valence-electron chi connectivity index (χ0n) is 11.4. The Morgan fingerprint density at radius 1 is 1.06 bits per heavy atom. The summed E-state index contributed by atoms with van der Waals surface area (Å²) in [5, 5.41) is 0. The van der Waals surface area contributed by atoms with Crippen LogP contribution >= 0.6 is 11.6 Å². The number of ether oxygens (including phenoxy) is 1. The lowest BCUT2D eigenvalue weighted by Gasteiger charge is -2.30. The average Bonchev–Trinajstić information content (AvgIpc) is 2.38. The molecule has 0 N–H and O–H groups in total. The Bertz CT molecular complexity index is 172. The van der Waals surface area contributed by atoms with Gasteiger partial charge in [-0.2, -0.15) is 0 Å². The van der Waals surface area contributed by atoms with Gasteiger partial charge in [0.2, 0.25) is 0 Å². The molecule has 0 aromatic rings. The van der Waals surface area contributed by atoms with E-state index >= 15 is 0 Å². The Hall–Kier alpha value is 0.250. The van der Waals surface area contributed by atoms with Gasteiger partial charge in [-0.25, -0.2) is 0 Å². The fourth-order valence-electron chi connectivity index (χ4n) is 2.70. The maximum Gasteiger partial charge on any atom is 0.0614 e. The second-order valence-electron chi connectivity index (χ2n) is 5.38. The van der Waals surface area contributed by atoms with Crippen molar-refractivity contribution in [3.05, 3.63) is 0 Å². The number of alkyl halides is 1. The van der Waals surface area contributed by atoms with Gasteiger partial charge in [-0.1, -0.05) is 51.9 Å². The summed E-state index contributed by atoms with van der Waals surface area (Å²) in [5.74, 6) is 1.40. The lowest BCUT2D eigenvalue weighted by Crippen LogP contribution is -2.30. The van der Waals surface area contributed by atoms with E-state index in [1.807, 2.05) is 0 Å². The zero-order chi connectivity index (χ0) is 12.3. The second-order valence-corrected chi connectivity index (χ2v) is 5.68. The Labute approximate surface area is 112 Å². The summed E-state index contributed by atoms with van der Waals surface area (Å²) in [6, 6.07) is 0. The van der Waals surface area contributed by atoms with E-state index in [0.717, 1.165) is 12.5 Å². The zero-order valence-corrected chi connectivity index (χ0v) is 12.2. The number of hydrogen-bond acceptors (Lipinski definition) is 1. The third-order valence-electron chi connectivity index (χ3n) is 3.87. The number of halogens is 1. The lowest BCUT2D eigenvalue weighted by atomic mass is 9.92. The van der Waals surface area contributed by atoms with Crippen molar-refractivity contribution >= 4 is 11.6 Å². The Morgan fingerprint density at radius 3 is 2.47 bits per heavy atom. The van der Waals surface area contributed by atoms with Gasteiger partial charge >= 0.3 is 0 Å². The Balaban J connectivity index is 1.97. The molecule has 1 saturated heterocycles. The molecule has 1 nitrogen and oxygen atoms in total. The average molecular weight is 261 g/mol. The van der Waals surface area contributed by atoms with Crippen molar-refractivity contribution in [2.24, 2.45) is 5.92 Å². The van der Waals surface area contributed by atoms with Gasteiger partial charge in [0.1, 0.15) is 0 Å². The molecule has 1 fully saturated rings. The first kappa shape index (κ1) is 15.3. The molecule has 0 aromatic carbocycles. The van der Waals surface area contributed by atoms with Crippen LogP contribution < -0.4 is 0 Å². The van der Waals surface area contributed by atoms with Crippen molar-refractivity contribution in [2.75, 3.05) is 12.5 Å². The van der Waals surface area contributed by atoms with E-state index in [1.165, 1.54) is 64.2 Å². The molecule has 2 heteroatoms. The molecular formula is C15H29ClO. The predicted octanol–water partition coefficient (Wildman–Crippen LogP) is 5.16. The number of hydrogen-bond donors (Lipinski definition) is 0. The molecule has 1 aliphatic heterocycles. The molecule has 0 amide bonds.